The summed E-state index contributed by atoms with van der Waals surface area (Å²) in [6.45, 7) is 7.12. The molecule has 2 aromatic heterocycles. The maximum Gasteiger partial charge on any atom is 0.251 e. The third-order valence-electron chi connectivity index (χ3n) is 5.50. The van der Waals surface area contributed by atoms with E-state index in [0.29, 0.717) is 24.5 Å². The summed E-state index contributed by atoms with van der Waals surface area (Å²) >= 11 is 0. The van der Waals surface area contributed by atoms with E-state index < -0.39 is 0 Å². The number of hydrogen-bond donors (Lipinski definition) is 1. The van der Waals surface area contributed by atoms with Gasteiger partial charge in [-0.2, -0.15) is 5.10 Å². The third-order valence-corrected chi connectivity index (χ3v) is 5.50. The summed E-state index contributed by atoms with van der Waals surface area (Å²) in [5, 5.41) is 7.44. The Bertz CT molecular complexity index is 1040. The quantitative estimate of drug-likeness (QED) is 0.725. The molecule has 1 aliphatic carbocycles. The Morgan fingerprint density at radius 3 is 2.55 bits per heavy atom. The van der Waals surface area contributed by atoms with E-state index in [2.05, 4.69) is 26.4 Å². The van der Waals surface area contributed by atoms with Crippen molar-refractivity contribution in [2.24, 2.45) is 0 Å². The van der Waals surface area contributed by atoms with Crippen LogP contribution in [0.15, 0.2) is 30.3 Å². The van der Waals surface area contributed by atoms with Gasteiger partial charge in [-0.05, 0) is 75.8 Å². The number of hydrogen-bond acceptors (Lipinski definition) is 4. The SMILES string of the molecule is Cc1cc(C)n(Cc2ccc(C(=O)NCc3nc(C)c4c(n3)CCCC4)cc2)n1. The van der Waals surface area contributed by atoms with Gasteiger partial charge in [-0.15, -0.1) is 0 Å². The smallest absolute Gasteiger partial charge is 0.251 e. The molecule has 1 aromatic carbocycles. The number of amides is 1. The zero-order valence-corrected chi connectivity index (χ0v) is 17.3. The number of benzene rings is 1. The minimum Gasteiger partial charge on any atom is -0.345 e. The van der Waals surface area contributed by atoms with Gasteiger partial charge < -0.3 is 5.32 Å². The van der Waals surface area contributed by atoms with E-state index >= 15 is 0 Å². The minimum absolute atomic E-state index is 0.110. The molecule has 6 nitrogen and oxygen atoms in total. The molecule has 29 heavy (non-hydrogen) atoms. The van der Waals surface area contributed by atoms with Gasteiger partial charge in [0, 0.05) is 22.6 Å². The second-order valence-electron chi connectivity index (χ2n) is 7.82. The molecule has 150 valence electrons. The van der Waals surface area contributed by atoms with Crippen molar-refractivity contribution in [1.29, 1.82) is 0 Å². The molecule has 0 aliphatic heterocycles. The maximum absolute atomic E-state index is 12.5. The summed E-state index contributed by atoms with van der Waals surface area (Å²) in [6.07, 6.45) is 4.47. The van der Waals surface area contributed by atoms with E-state index in [1.54, 1.807) is 0 Å². The Morgan fingerprint density at radius 1 is 1.07 bits per heavy atom. The lowest BCUT2D eigenvalue weighted by atomic mass is 9.95. The van der Waals surface area contributed by atoms with Crippen LogP contribution < -0.4 is 5.32 Å². The Labute approximate surface area is 171 Å². The number of nitrogens with one attached hydrogen (secondary N) is 1. The fourth-order valence-corrected chi connectivity index (χ4v) is 3.95. The molecule has 0 spiro atoms. The van der Waals surface area contributed by atoms with Gasteiger partial charge in [-0.25, -0.2) is 9.97 Å². The Hall–Kier alpha value is -3.02. The molecule has 3 aromatic rings. The van der Waals surface area contributed by atoms with Crippen LogP contribution >= 0.6 is 0 Å². The number of aromatic nitrogens is 4. The molecule has 4 rings (SSSR count). The van der Waals surface area contributed by atoms with E-state index in [0.717, 1.165) is 41.2 Å². The molecule has 0 atom stereocenters. The number of carbonyl (C=O) groups excluding carboxylic acids is 1. The molecule has 0 radical (unpaired) electrons. The fraction of sp³-hybridized carbons (Fsp3) is 0.391. The van der Waals surface area contributed by atoms with Crippen molar-refractivity contribution >= 4 is 5.91 Å². The molecule has 2 heterocycles. The molecule has 1 aliphatic rings. The molecular formula is C23H27N5O. The van der Waals surface area contributed by atoms with Crippen LogP contribution in [-0.4, -0.2) is 25.7 Å². The Balaban J connectivity index is 1.39. The first-order valence-electron chi connectivity index (χ1n) is 10.2. The van der Waals surface area contributed by atoms with Crippen molar-refractivity contribution < 1.29 is 4.79 Å². The molecule has 0 saturated heterocycles. The molecule has 6 heteroatoms. The van der Waals surface area contributed by atoms with Gasteiger partial charge in [0.2, 0.25) is 0 Å². The largest absolute Gasteiger partial charge is 0.345 e. The monoisotopic (exact) mass is 389 g/mol. The zero-order valence-electron chi connectivity index (χ0n) is 17.3. The number of rotatable bonds is 5. The lowest BCUT2D eigenvalue weighted by Gasteiger charge is -2.17. The van der Waals surface area contributed by atoms with E-state index in [4.69, 9.17) is 0 Å². The molecule has 0 unspecified atom stereocenters. The van der Waals surface area contributed by atoms with Gasteiger partial charge in [0.25, 0.3) is 5.91 Å². The van der Waals surface area contributed by atoms with Crippen LogP contribution in [0.3, 0.4) is 0 Å². The highest BCUT2D eigenvalue weighted by atomic mass is 16.1. The van der Waals surface area contributed by atoms with Gasteiger partial charge in [-0.3, -0.25) is 9.48 Å². The molecule has 0 saturated carbocycles. The summed E-state index contributed by atoms with van der Waals surface area (Å²) in [7, 11) is 0. The van der Waals surface area contributed by atoms with Crippen LogP contribution in [0.4, 0.5) is 0 Å². The molecular weight excluding hydrogens is 362 g/mol. The topological polar surface area (TPSA) is 72.7 Å². The van der Waals surface area contributed by atoms with E-state index in [-0.39, 0.29) is 5.91 Å². The van der Waals surface area contributed by atoms with Crippen molar-refractivity contribution in [1.82, 2.24) is 25.1 Å². The predicted molar refractivity (Wildman–Crippen MR) is 112 cm³/mol. The third kappa shape index (κ3) is 4.36. The average Bonchev–Trinajstić information content (AvgIpc) is 3.03. The van der Waals surface area contributed by atoms with Crippen molar-refractivity contribution in [3.05, 3.63) is 75.6 Å². The maximum atomic E-state index is 12.5. The van der Waals surface area contributed by atoms with E-state index in [9.17, 15) is 4.79 Å². The molecule has 1 amide bonds. The predicted octanol–water partition coefficient (Wildman–Crippen LogP) is 3.46. The number of carbonyl (C=O) groups is 1. The highest BCUT2D eigenvalue weighted by Gasteiger charge is 2.16. The summed E-state index contributed by atoms with van der Waals surface area (Å²) in [5.74, 6) is 0.583. The summed E-state index contributed by atoms with van der Waals surface area (Å²) in [5.41, 5.74) is 7.39. The van der Waals surface area contributed by atoms with Crippen LogP contribution in [0, 0.1) is 20.8 Å². The number of fused-ring (bicyclic) bond motifs is 1. The summed E-state index contributed by atoms with van der Waals surface area (Å²) in [4.78, 5) is 21.8. The fourth-order valence-electron chi connectivity index (χ4n) is 3.95. The van der Waals surface area contributed by atoms with Crippen molar-refractivity contribution in [2.45, 2.75) is 59.5 Å². The number of nitrogens with zero attached hydrogens (tertiary/aromatic N) is 4. The standard InChI is InChI=1S/C23H27N5O/c1-15-12-16(2)28(27-15)14-18-8-10-19(11-9-18)23(29)24-13-22-25-17(3)20-6-4-5-7-21(20)26-22/h8-12H,4-7,13-14H2,1-3H3,(H,24,29). The van der Waals surface area contributed by atoms with Crippen molar-refractivity contribution in [3.8, 4) is 0 Å². The second-order valence-corrected chi connectivity index (χ2v) is 7.82. The van der Waals surface area contributed by atoms with Crippen LogP contribution in [-0.2, 0) is 25.9 Å². The molecule has 0 fully saturated rings. The Morgan fingerprint density at radius 2 is 1.83 bits per heavy atom. The number of aryl methyl sites for hydroxylation is 4. The van der Waals surface area contributed by atoms with Gasteiger partial charge in [0.05, 0.1) is 18.8 Å². The average molecular weight is 390 g/mol. The van der Waals surface area contributed by atoms with Gasteiger partial charge in [0.1, 0.15) is 5.82 Å². The van der Waals surface area contributed by atoms with E-state index in [1.165, 1.54) is 18.4 Å². The second kappa shape index (κ2) is 8.15. The highest BCUT2D eigenvalue weighted by molar-refractivity contribution is 5.94. The Kier molecular flexibility index (Phi) is 5.43. The zero-order chi connectivity index (χ0) is 20.4. The van der Waals surface area contributed by atoms with Crippen LogP contribution in [0.25, 0.3) is 0 Å². The normalized spacial score (nSPS) is 13.2. The first-order valence-corrected chi connectivity index (χ1v) is 10.2. The first-order chi connectivity index (χ1) is 14.0. The van der Waals surface area contributed by atoms with Gasteiger partial charge >= 0.3 is 0 Å². The van der Waals surface area contributed by atoms with Gasteiger partial charge in [0.15, 0.2) is 0 Å². The van der Waals surface area contributed by atoms with Crippen LogP contribution in [0.5, 0.6) is 0 Å². The van der Waals surface area contributed by atoms with E-state index in [1.807, 2.05) is 49.7 Å². The highest BCUT2D eigenvalue weighted by Crippen LogP contribution is 2.21. The van der Waals surface area contributed by atoms with Crippen molar-refractivity contribution in [3.63, 3.8) is 0 Å². The lowest BCUT2D eigenvalue weighted by molar-refractivity contribution is 0.0949. The molecule has 0 bridgehead atoms. The molecule has 1 N–H and O–H groups in total. The van der Waals surface area contributed by atoms with Crippen LogP contribution in [0.1, 0.15) is 62.9 Å². The minimum atomic E-state index is -0.110. The van der Waals surface area contributed by atoms with Gasteiger partial charge in [-0.1, -0.05) is 12.1 Å². The lowest BCUT2D eigenvalue weighted by Crippen LogP contribution is -2.25. The van der Waals surface area contributed by atoms with Crippen molar-refractivity contribution in [2.75, 3.05) is 0 Å². The van der Waals surface area contributed by atoms with Crippen LogP contribution in [0.2, 0.25) is 0 Å². The summed E-state index contributed by atoms with van der Waals surface area (Å²) in [6, 6.07) is 9.73. The first kappa shape index (κ1) is 19.3. The summed E-state index contributed by atoms with van der Waals surface area (Å²) < 4.78 is 1.97.